The molecule has 0 bridgehead atoms. The molecule has 0 fully saturated rings. The highest BCUT2D eigenvalue weighted by molar-refractivity contribution is 5.62. The van der Waals surface area contributed by atoms with Crippen LogP contribution in [0, 0.1) is 6.26 Å². The minimum absolute atomic E-state index is 0.858. The zero-order valence-electron chi connectivity index (χ0n) is 7.28. The maximum atomic E-state index is 5.06. The van der Waals surface area contributed by atoms with Crippen molar-refractivity contribution in [1.82, 2.24) is 0 Å². The number of ether oxygens (including phenoxy) is 1. The van der Waals surface area contributed by atoms with Gasteiger partial charge in [0, 0.05) is 5.56 Å². The van der Waals surface area contributed by atoms with Crippen LogP contribution in [0.15, 0.2) is 41.0 Å². The smallest absolute Gasteiger partial charge is 0.169 e. The lowest BCUT2D eigenvalue weighted by Crippen LogP contribution is -1.81. The van der Waals surface area contributed by atoms with E-state index in [9.17, 15) is 0 Å². The first kappa shape index (κ1) is 7.92. The predicted molar refractivity (Wildman–Crippen MR) is 49.5 cm³/mol. The Morgan fingerprint density at radius 3 is 2.46 bits per heavy atom. The zero-order valence-corrected chi connectivity index (χ0v) is 7.28. The maximum Gasteiger partial charge on any atom is 0.169 e. The summed E-state index contributed by atoms with van der Waals surface area (Å²) in [6.45, 7) is 0. The largest absolute Gasteiger partial charge is 0.497 e. The van der Waals surface area contributed by atoms with Crippen LogP contribution >= 0.6 is 0 Å². The van der Waals surface area contributed by atoms with Crippen molar-refractivity contribution >= 4 is 0 Å². The predicted octanol–water partition coefficient (Wildman–Crippen LogP) is 2.76. The molecule has 0 aliphatic rings. The number of methoxy groups -OCH3 is 1. The topological polar surface area (TPSA) is 22.4 Å². The van der Waals surface area contributed by atoms with E-state index in [1.54, 1.807) is 13.4 Å². The third-order valence-electron chi connectivity index (χ3n) is 1.89. The fraction of sp³-hybridized carbons (Fsp3) is 0.0909. The van der Waals surface area contributed by atoms with Crippen molar-refractivity contribution in [2.75, 3.05) is 7.11 Å². The quantitative estimate of drug-likeness (QED) is 0.696. The minimum Gasteiger partial charge on any atom is -0.497 e. The Balaban J connectivity index is 2.33. The molecule has 0 unspecified atom stereocenters. The van der Waals surface area contributed by atoms with Crippen molar-refractivity contribution in [3.63, 3.8) is 0 Å². The van der Waals surface area contributed by atoms with Gasteiger partial charge in [0.1, 0.15) is 5.75 Å². The van der Waals surface area contributed by atoms with Crippen LogP contribution in [0.25, 0.3) is 11.1 Å². The van der Waals surface area contributed by atoms with E-state index in [-0.39, 0.29) is 0 Å². The maximum absolute atomic E-state index is 5.06. The molecule has 0 aliphatic heterocycles. The summed E-state index contributed by atoms with van der Waals surface area (Å²) in [6, 6.07) is 9.61. The number of furan rings is 1. The van der Waals surface area contributed by atoms with Crippen molar-refractivity contribution in [3.8, 4) is 16.9 Å². The Bertz CT molecular complexity index is 359. The Kier molecular flexibility index (Phi) is 2.04. The summed E-state index contributed by atoms with van der Waals surface area (Å²) in [5.41, 5.74) is 2.13. The minimum atomic E-state index is 0.858. The van der Waals surface area contributed by atoms with Crippen molar-refractivity contribution in [1.29, 1.82) is 0 Å². The lowest BCUT2D eigenvalue weighted by Gasteiger charge is -2.00. The second-order valence-corrected chi connectivity index (χ2v) is 2.68. The molecule has 0 spiro atoms. The van der Waals surface area contributed by atoms with Crippen molar-refractivity contribution in [2.45, 2.75) is 0 Å². The average Bonchev–Trinajstić information content (AvgIpc) is 2.71. The van der Waals surface area contributed by atoms with Crippen molar-refractivity contribution < 1.29 is 9.15 Å². The van der Waals surface area contributed by atoms with E-state index >= 15 is 0 Å². The summed E-state index contributed by atoms with van der Waals surface area (Å²) in [7, 11) is 1.65. The van der Waals surface area contributed by atoms with Crippen LogP contribution in [-0.2, 0) is 0 Å². The van der Waals surface area contributed by atoms with Gasteiger partial charge >= 0.3 is 0 Å². The molecular formula is C11H9O2. The first-order chi connectivity index (χ1) is 6.40. The van der Waals surface area contributed by atoms with Crippen molar-refractivity contribution in [3.05, 3.63) is 42.9 Å². The summed E-state index contributed by atoms with van der Waals surface area (Å²) in [6.07, 6.45) is 4.32. The van der Waals surface area contributed by atoms with Crippen LogP contribution in [0.4, 0.5) is 0 Å². The summed E-state index contributed by atoms with van der Waals surface area (Å²) >= 11 is 0. The van der Waals surface area contributed by atoms with E-state index in [0.29, 0.717) is 0 Å². The zero-order chi connectivity index (χ0) is 9.10. The van der Waals surface area contributed by atoms with E-state index in [1.165, 1.54) is 0 Å². The Hall–Kier alpha value is -1.70. The molecule has 1 heterocycles. The van der Waals surface area contributed by atoms with Gasteiger partial charge in [-0.25, -0.2) is 0 Å². The highest BCUT2D eigenvalue weighted by Crippen LogP contribution is 2.21. The third kappa shape index (κ3) is 1.56. The number of hydrogen-bond donors (Lipinski definition) is 0. The van der Waals surface area contributed by atoms with Crippen molar-refractivity contribution in [2.24, 2.45) is 0 Å². The highest BCUT2D eigenvalue weighted by Gasteiger charge is 1.98. The lowest BCUT2D eigenvalue weighted by atomic mass is 10.1. The normalized spacial score (nSPS) is 9.92. The molecule has 0 atom stereocenters. The SMILES string of the molecule is COc1ccc(-c2c[c]oc2)cc1. The number of benzene rings is 1. The van der Waals surface area contributed by atoms with E-state index in [2.05, 4.69) is 6.26 Å². The Morgan fingerprint density at radius 1 is 1.15 bits per heavy atom. The van der Waals surface area contributed by atoms with Crippen LogP contribution in [-0.4, -0.2) is 7.11 Å². The standard InChI is InChI=1S/C11H9O2/c1-12-11-4-2-9(3-5-11)10-6-7-13-8-10/h2-6,8H,1H3. The first-order valence-corrected chi connectivity index (χ1v) is 3.99. The molecule has 2 heteroatoms. The molecular weight excluding hydrogens is 164 g/mol. The summed E-state index contributed by atoms with van der Waals surface area (Å²) in [5.74, 6) is 0.858. The molecule has 1 aromatic heterocycles. The van der Waals surface area contributed by atoms with E-state index in [4.69, 9.17) is 9.15 Å². The molecule has 0 aliphatic carbocycles. The summed E-state index contributed by atoms with van der Waals surface area (Å²) < 4.78 is 9.92. The molecule has 0 amide bonds. The summed E-state index contributed by atoms with van der Waals surface area (Å²) in [5, 5.41) is 0. The Labute approximate surface area is 76.8 Å². The molecule has 1 aromatic carbocycles. The highest BCUT2D eigenvalue weighted by atomic mass is 16.5. The van der Waals surface area contributed by atoms with Gasteiger partial charge in [0.05, 0.1) is 13.4 Å². The monoisotopic (exact) mass is 173 g/mol. The fourth-order valence-corrected chi connectivity index (χ4v) is 1.16. The molecule has 13 heavy (non-hydrogen) atoms. The van der Waals surface area contributed by atoms with Gasteiger partial charge in [-0.1, -0.05) is 12.1 Å². The second kappa shape index (κ2) is 3.35. The van der Waals surface area contributed by atoms with Crippen LogP contribution in [0.5, 0.6) is 5.75 Å². The van der Waals surface area contributed by atoms with Crippen LogP contribution in [0.3, 0.4) is 0 Å². The third-order valence-corrected chi connectivity index (χ3v) is 1.89. The van der Waals surface area contributed by atoms with Crippen LogP contribution in [0.1, 0.15) is 0 Å². The van der Waals surface area contributed by atoms with E-state index in [1.807, 2.05) is 30.3 Å². The molecule has 2 nitrogen and oxygen atoms in total. The van der Waals surface area contributed by atoms with E-state index < -0.39 is 0 Å². The molecule has 1 radical (unpaired) electrons. The van der Waals surface area contributed by atoms with Gasteiger partial charge in [-0.05, 0) is 23.8 Å². The molecule has 0 saturated heterocycles. The van der Waals surface area contributed by atoms with Gasteiger partial charge in [0.2, 0.25) is 0 Å². The van der Waals surface area contributed by atoms with E-state index in [0.717, 1.165) is 16.9 Å². The molecule has 65 valence electrons. The molecule has 2 rings (SSSR count). The first-order valence-electron chi connectivity index (χ1n) is 3.99. The number of rotatable bonds is 2. The molecule has 0 saturated carbocycles. The van der Waals surface area contributed by atoms with Gasteiger partial charge in [0.15, 0.2) is 6.26 Å². The molecule has 2 aromatic rings. The Morgan fingerprint density at radius 2 is 1.92 bits per heavy atom. The van der Waals surface area contributed by atoms with Crippen LogP contribution < -0.4 is 4.74 Å². The van der Waals surface area contributed by atoms with Gasteiger partial charge in [0.25, 0.3) is 0 Å². The van der Waals surface area contributed by atoms with Gasteiger partial charge in [-0.2, -0.15) is 0 Å². The lowest BCUT2D eigenvalue weighted by molar-refractivity contribution is 0.415. The van der Waals surface area contributed by atoms with Gasteiger partial charge < -0.3 is 9.15 Å². The van der Waals surface area contributed by atoms with Gasteiger partial charge in [-0.15, -0.1) is 0 Å². The molecule has 0 N–H and O–H groups in total. The number of hydrogen-bond acceptors (Lipinski definition) is 2. The second-order valence-electron chi connectivity index (χ2n) is 2.68. The van der Waals surface area contributed by atoms with Crippen LogP contribution in [0.2, 0.25) is 0 Å². The van der Waals surface area contributed by atoms with Gasteiger partial charge in [-0.3, -0.25) is 0 Å². The fourth-order valence-electron chi connectivity index (χ4n) is 1.16. The average molecular weight is 173 g/mol. The summed E-state index contributed by atoms with van der Waals surface area (Å²) in [4.78, 5) is 0.